The van der Waals surface area contributed by atoms with Crippen LogP contribution in [0.1, 0.15) is 43.9 Å². The van der Waals surface area contributed by atoms with Crippen molar-refractivity contribution in [3.8, 4) is 0 Å². The van der Waals surface area contributed by atoms with Crippen LogP contribution in [0.2, 0.25) is 0 Å². The van der Waals surface area contributed by atoms with Gasteiger partial charge in [0.15, 0.2) is 0 Å². The van der Waals surface area contributed by atoms with E-state index in [0.717, 1.165) is 17.5 Å². The van der Waals surface area contributed by atoms with Gasteiger partial charge in [-0.2, -0.15) is 0 Å². The number of carbonyl (C=O) groups is 1. The molecule has 3 nitrogen and oxygen atoms in total. The van der Waals surface area contributed by atoms with Crippen molar-refractivity contribution < 1.29 is 4.79 Å². The van der Waals surface area contributed by atoms with Crippen LogP contribution in [0.3, 0.4) is 0 Å². The molecule has 0 aliphatic carbocycles. The second-order valence-corrected chi connectivity index (χ2v) is 5.30. The number of nitrogens with one attached hydrogen (secondary N) is 1. The quantitative estimate of drug-likeness (QED) is 0.787. The van der Waals surface area contributed by atoms with E-state index in [1.807, 2.05) is 45.0 Å². The zero-order chi connectivity index (χ0) is 14.4. The van der Waals surface area contributed by atoms with Gasteiger partial charge in [0.2, 0.25) is 5.91 Å². The van der Waals surface area contributed by atoms with Gasteiger partial charge in [0, 0.05) is 0 Å². The van der Waals surface area contributed by atoms with E-state index in [0.29, 0.717) is 6.42 Å². The summed E-state index contributed by atoms with van der Waals surface area (Å²) in [5.41, 5.74) is 7.92. The molecule has 1 amide bonds. The monoisotopic (exact) mass is 278 g/mol. The van der Waals surface area contributed by atoms with E-state index < -0.39 is 0 Å². The Kier molecular flexibility index (Phi) is 5.96. The highest BCUT2D eigenvalue weighted by molar-refractivity contribution is 7.80. The number of hydrogen-bond acceptors (Lipinski definition) is 2. The third-order valence-electron chi connectivity index (χ3n) is 3.25. The molecular formula is C15H22N2OS. The van der Waals surface area contributed by atoms with Crippen LogP contribution >= 0.6 is 12.2 Å². The third-order valence-corrected chi connectivity index (χ3v) is 3.54. The summed E-state index contributed by atoms with van der Waals surface area (Å²) in [4.78, 5) is 12.5. The Morgan fingerprint density at radius 2 is 2.05 bits per heavy atom. The largest absolute Gasteiger partial charge is 0.393 e. The summed E-state index contributed by atoms with van der Waals surface area (Å²) in [7, 11) is 0. The first kappa shape index (κ1) is 15.6. The minimum atomic E-state index is -0.369. The Labute approximate surface area is 120 Å². The SMILES string of the molecule is CCCC(C(=O)NC(C)c1ccccc1C)C(N)=S. The Hall–Kier alpha value is -1.42. The van der Waals surface area contributed by atoms with Gasteiger partial charge in [-0.3, -0.25) is 4.79 Å². The number of hydrogen-bond donors (Lipinski definition) is 2. The standard InChI is InChI=1S/C15H22N2OS/c1-4-7-13(14(16)19)15(18)17-11(3)12-9-6-5-8-10(12)2/h5-6,8-9,11,13H,4,7H2,1-3H3,(H2,16,19)(H,17,18). The van der Waals surface area contributed by atoms with Crippen LogP contribution in [0.4, 0.5) is 0 Å². The van der Waals surface area contributed by atoms with Crippen molar-refractivity contribution in [2.45, 2.75) is 39.7 Å². The molecule has 3 N–H and O–H groups in total. The lowest BCUT2D eigenvalue weighted by Crippen LogP contribution is -2.39. The van der Waals surface area contributed by atoms with Gasteiger partial charge >= 0.3 is 0 Å². The first-order valence-corrected chi connectivity index (χ1v) is 7.03. The highest BCUT2D eigenvalue weighted by Crippen LogP contribution is 2.18. The Balaban J connectivity index is 2.76. The van der Waals surface area contributed by atoms with Gasteiger partial charge in [-0.25, -0.2) is 0 Å². The summed E-state index contributed by atoms with van der Waals surface area (Å²) >= 11 is 4.97. The van der Waals surface area contributed by atoms with Crippen molar-refractivity contribution in [1.82, 2.24) is 5.32 Å². The van der Waals surface area contributed by atoms with Crippen LogP contribution in [-0.2, 0) is 4.79 Å². The van der Waals surface area contributed by atoms with Crippen LogP contribution < -0.4 is 11.1 Å². The third kappa shape index (κ3) is 4.31. The zero-order valence-corrected chi connectivity index (χ0v) is 12.6. The highest BCUT2D eigenvalue weighted by atomic mass is 32.1. The van der Waals surface area contributed by atoms with E-state index in [1.165, 1.54) is 0 Å². The van der Waals surface area contributed by atoms with Crippen LogP contribution in [0.15, 0.2) is 24.3 Å². The molecule has 0 spiro atoms. The number of aryl methyl sites for hydroxylation is 1. The maximum atomic E-state index is 12.2. The molecule has 1 aromatic rings. The molecule has 0 radical (unpaired) electrons. The zero-order valence-electron chi connectivity index (χ0n) is 11.8. The molecule has 4 heteroatoms. The Bertz CT molecular complexity index is 459. The lowest BCUT2D eigenvalue weighted by atomic mass is 9.99. The minimum Gasteiger partial charge on any atom is -0.393 e. The number of rotatable bonds is 6. The van der Waals surface area contributed by atoms with Gasteiger partial charge in [0.1, 0.15) is 0 Å². The molecule has 0 aliphatic heterocycles. The molecule has 104 valence electrons. The molecule has 0 aromatic heterocycles. The molecule has 0 fully saturated rings. The number of carbonyl (C=O) groups excluding carboxylic acids is 1. The summed E-state index contributed by atoms with van der Waals surface area (Å²) in [6.45, 7) is 6.03. The fourth-order valence-corrected chi connectivity index (χ4v) is 2.38. The second-order valence-electron chi connectivity index (χ2n) is 4.83. The predicted molar refractivity (Wildman–Crippen MR) is 82.9 cm³/mol. The van der Waals surface area contributed by atoms with E-state index in [2.05, 4.69) is 5.32 Å². The normalized spacial score (nSPS) is 13.6. The van der Waals surface area contributed by atoms with Gasteiger partial charge in [-0.05, 0) is 31.4 Å². The van der Waals surface area contributed by atoms with Crippen LogP contribution in [0, 0.1) is 12.8 Å². The molecule has 0 heterocycles. The molecule has 2 unspecified atom stereocenters. The summed E-state index contributed by atoms with van der Waals surface area (Å²) in [5.74, 6) is -0.448. The summed E-state index contributed by atoms with van der Waals surface area (Å²) in [6.07, 6.45) is 1.58. The fourth-order valence-electron chi connectivity index (χ4n) is 2.16. The van der Waals surface area contributed by atoms with Crippen molar-refractivity contribution in [2.75, 3.05) is 0 Å². The van der Waals surface area contributed by atoms with Gasteiger partial charge in [0.05, 0.1) is 16.9 Å². The molecule has 0 saturated heterocycles. The van der Waals surface area contributed by atoms with Crippen molar-refractivity contribution in [1.29, 1.82) is 0 Å². The summed E-state index contributed by atoms with van der Waals surface area (Å²) in [5, 5.41) is 3.00. The maximum Gasteiger partial charge on any atom is 0.230 e. The van der Waals surface area contributed by atoms with Gasteiger partial charge < -0.3 is 11.1 Å². The molecule has 0 saturated carbocycles. The molecule has 0 bridgehead atoms. The Morgan fingerprint density at radius 3 is 2.58 bits per heavy atom. The van der Waals surface area contributed by atoms with Crippen molar-refractivity contribution in [2.24, 2.45) is 11.7 Å². The lowest BCUT2D eigenvalue weighted by Gasteiger charge is -2.20. The predicted octanol–water partition coefficient (Wildman–Crippen LogP) is 2.87. The van der Waals surface area contributed by atoms with Gasteiger partial charge in [-0.15, -0.1) is 0 Å². The number of benzene rings is 1. The molecule has 1 rings (SSSR count). The smallest absolute Gasteiger partial charge is 0.230 e. The number of nitrogens with two attached hydrogens (primary N) is 1. The van der Waals surface area contributed by atoms with Crippen LogP contribution in [-0.4, -0.2) is 10.9 Å². The summed E-state index contributed by atoms with van der Waals surface area (Å²) in [6, 6.07) is 7.98. The Morgan fingerprint density at radius 1 is 1.42 bits per heavy atom. The highest BCUT2D eigenvalue weighted by Gasteiger charge is 2.22. The average molecular weight is 278 g/mol. The van der Waals surface area contributed by atoms with Crippen molar-refractivity contribution in [3.05, 3.63) is 35.4 Å². The first-order chi connectivity index (χ1) is 8.97. The van der Waals surface area contributed by atoms with E-state index in [9.17, 15) is 4.79 Å². The molecule has 2 atom stereocenters. The molecule has 1 aromatic carbocycles. The summed E-state index contributed by atoms with van der Waals surface area (Å²) < 4.78 is 0. The molecule has 0 aliphatic rings. The molecule has 19 heavy (non-hydrogen) atoms. The van der Waals surface area contributed by atoms with E-state index in [4.69, 9.17) is 18.0 Å². The van der Waals surface area contributed by atoms with Crippen molar-refractivity contribution >= 4 is 23.1 Å². The van der Waals surface area contributed by atoms with Gasteiger partial charge in [-0.1, -0.05) is 49.8 Å². The van der Waals surface area contributed by atoms with E-state index in [1.54, 1.807) is 0 Å². The maximum absolute atomic E-state index is 12.2. The lowest BCUT2D eigenvalue weighted by molar-refractivity contribution is -0.123. The number of amides is 1. The van der Waals surface area contributed by atoms with E-state index in [-0.39, 0.29) is 22.9 Å². The molecular weight excluding hydrogens is 256 g/mol. The first-order valence-electron chi connectivity index (χ1n) is 6.62. The van der Waals surface area contributed by atoms with Crippen molar-refractivity contribution in [3.63, 3.8) is 0 Å². The topological polar surface area (TPSA) is 55.1 Å². The van der Waals surface area contributed by atoms with Crippen LogP contribution in [0.25, 0.3) is 0 Å². The fraction of sp³-hybridized carbons (Fsp3) is 0.467. The second kappa shape index (κ2) is 7.24. The number of thiocarbonyl (C=S) groups is 1. The van der Waals surface area contributed by atoms with Gasteiger partial charge in [0.25, 0.3) is 0 Å². The van der Waals surface area contributed by atoms with E-state index >= 15 is 0 Å². The average Bonchev–Trinajstić information content (AvgIpc) is 2.35. The van der Waals surface area contributed by atoms with Crippen LogP contribution in [0.5, 0.6) is 0 Å². The minimum absolute atomic E-state index is 0.0394.